The number of fused-ring (bicyclic) bond motifs is 1. The van der Waals surface area contributed by atoms with E-state index in [0.29, 0.717) is 27.3 Å². The van der Waals surface area contributed by atoms with E-state index in [4.69, 9.17) is 28.2 Å². The molecule has 1 heterocycles. The minimum absolute atomic E-state index is 0.0225. The normalized spacial score (nSPS) is 12.4. The van der Waals surface area contributed by atoms with Crippen molar-refractivity contribution in [3.05, 3.63) is 35.9 Å². The predicted molar refractivity (Wildman–Crippen MR) is 119 cm³/mol. The predicted octanol–water partition coefficient (Wildman–Crippen LogP) is 0.327. The lowest BCUT2D eigenvalue weighted by molar-refractivity contribution is 0.594. The van der Waals surface area contributed by atoms with E-state index < -0.39 is 9.84 Å². The highest BCUT2D eigenvalue weighted by molar-refractivity contribution is 7.98. The van der Waals surface area contributed by atoms with Gasteiger partial charge in [-0.3, -0.25) is 5.14 Å². The highest BCUT2D eigenvalue weighted by Crippen LogP contribution is 2.39. The first kappa shape index (κ1) is 21.3. The fourth-order valence-electron chi connectivity index (χ4n) is 2.98. The molecular weight excluding hydrogens is 432 g/mol. The van der Waals surface area contributed by atoms with Crippen molar-refractivity contribution in [1.29, 1.82) is 0 Å². The third kappa shape index (κ3) is 4.01. The number of para-hydroxylation sites is 1. The molecule has 0 aliphatic carbocycles. The van der Waals surface area contributed by atoms with Crippen LogP contribution in [-0.2, 0) is 9.84 Å². The van der Waals surface area contributed by atoms with Crippen LogP contribution in [-0.4, -0.2) is 31.5 Å². The van der Waals surface area contributed by atoms with Gasteiger partial charge in [-0.1, -0.05) is 29.5 Å². The van der Waals surface area contributed by atoms with Crippen molar-refractivity contribution in [2.24, 2.45) is 27.6 Å². The average Bonchev–Trinajstić information content (AvgIpc) is 3.07. The molecule has 2 aromatic carbocycles. The highest BCUT2D eigenvalue weighted by atomic mass is 32.2. The standard InChI is InChI=1S/C16H20N8O2S3/c17-6-7-29(25,26)11-5-4-8(12(14(11)28-21)15(18)23-24-20)9-2-1-3-10-13(9)22-16(19)27-10/h1-5,24H,6-7,17,20-21H2,(H2,18,23)(H2,19,22). The van der Waals surface area contributed by atoms with Gasteiger partial charge in [-0.2, -0.15) is 0 Å². The number of nitrogens with two attached hydrogens (primary N) is 5. The lowest BCUT2D eigenvalue weighted by atomic mass is 9.98. The zero-order valence-electron chi connectivity index (χ0n) is 15.1. The molecule has 0 amide bonds. The molecule has 0 saturated heterocycles. The van der Waals surface area contributed by atoms with Gasteiger partial charge in [0.05, 0.1) is 25.8 Å². The van der Waals surface area contributed by atoms with Crippen LogP contribution in [0, 0.1) is 0 Å². The van der Waals surface area contributed by atoms with E-state index in [-0.39, 0.29) is 27.9 Å². The summed E-state index contributed by atoms with van der Waals surface area (Å²) in [6.45, 7) is -0.0283. The van der Waals surface area contributed by atoms with Crippen molar-refractivity contribution in [2.75, 3.05) is 18.0 Å². The molecular formula is C16H20N8O2S3. The van der Waals surface area contributed by atoms with Crippen LogP contribution in [0.2, 0.25) is 0 Å². The molecule has 13 heteroatoms. The summed E-state index contributed by atoms with van der Waals surface area (Å²) in [5.74, 6) is 5.04. The summed E-state index contributed by atoms with van der Waals surface area (Å²) in [4.78, 5) is 4.66. The van der Waals surface area contributed by atoms with Crippen molar-refractivity contribution >= 4 is 54.3 Å². The Morgan fingerprint density at radius 1 is 1.24 bits per heavy atom. The number of benzene rings is 2. The van der Waals surface area contributed by atoms with Gasteiger partial charge in [0.25, 0.3) is 0 Å². The van der Waals surface area contributed by atoms with Gasteiger partial charge in [0.2, 0.25) is 0 Å². The van der Waals surface area contributed by atoms with Gasteiger partial charge in [-0.25, -0.2) is 24.8 Å². The van der Waals surface area contributed by atoms with Crippen molar-refractivity contribution in [1.82, 2.24) is 10.5 Å². The van der Waals surface area contributed by atoms with Gasteiger partial charge < -0.3 is 17.2 Å². The first-order chi connectivity index (χ1) is 13.8. The van der Waals surface area contributed by atoms with Crippen molar-refractivity contribution in [3.63, 3.8) is 0 Å². The van der Waals surface area contributed by atoms with E-state index >= 15 is 0 Å². The van der Waals surface area contributed by atoms with E-state index in [1.807, 2.05) is 18.2 Å². The number of anilines is 1. The second kappa shape index (κ2) is 8.52. The molecule has 3 aromatic rings. The number of sulfone groups is 1. The van der Waals surface area contributed by atoms with E-state index in [1.165, 1.54) is 17.4 Å². The Hall–Kier alpha value is -2.42. The minimum atomic E-state index is -3.68. The molecule has 29 heavy (non-hydrogen) atoms. The Morgan fingerprint density at radius 2 is 2.00 bits per heavy atom. The van der Waals surface area contributed by atoms with E-state index in [9.17, 15) is 8.42 Å². The Kier molecular flexibility index (Phi) is 6.26. The molecule has 3 rings (SSSR count). The third-order valence-electron chi connectivity index (χ3n) is 4.13. The van der Waals surface area contributed by atoms with Crippen LogP contribution in [0.25, 0.3) is 21.3 Å². The van der Waals surface area contributed by atoms with Crippen molar-refractivity contribution in [3.8, 4) is 11.1 Å². The molecule has 0 fully saturated rings. The number of nitrogens with one attached hydrogen (secondary N) is 1. The summed E-state index contributed by atoms with van der Waals surface area (Å²) < 4.78 is 26.3. The summed E-state index contributed by atoms with van der Waals surface area (Å²) in [5, 5.41) is 10.1. The lowest BCUT2D eigenvalue weighted by Crippen LogP contribution is -2.25. The summed E-state index contributed by atoms with van der Waals surface area (Å²) in [6.07, 6.45) is 0. The van der Waals surface area contributed by atoms with Crippen molar-refractivity contribution < 1.29 is 8.42 Å². The summed E-state index contributed by atoms with van der Waals surface area (Å²) >= 11 is 2.10. The molecule has 0 aliphatic rings. The molecule has 10 nitrogen and oxygen atoms in total. The molecule has 0 bridgehead atoms. The zero-order valence-corrected chi connectivity index (χ0v) is 17.6. The van der Waals surface area contributed by atoms with Gasteiger partial charge in [0, 0.05) is 17.7 Å². The van der Waals surface area contributed by atoms with Crippen LogP contribution in [0.15, 0.2) is 45.2 Å². The fraction of sp³-hybridized carbons (Fsp3) is 0.125. The van der Waals surface area contributed by atoms with Gasteiger partial charge in [0.1, 0.15) is 0 Å². The van der Waals surface area contributed by atoms with Gasteiger partial charge in [-0.15, -0.1) is 5.10 Å². The van der Waals surface area contributed by atoms with Gasteiger partial charge in [-0.05, 0) is 29.6 Å². The summed E-state index contributed by atoms with van der Waals surface area (Å²) in [6, 6.07) is 8.70. The number of aromatic nitrogens is 1. The molecule has 0 aliphatic heterocycles. The first-order valence-corrected chi connectivity index (χ1v) is 11.6. The quantitative estimate of drug-likeness (QED) is 0.0953. The maximum atomic E-state index is 12.7. The molecule has 0 radical (unpaired) electrons. The topological polar surface area (TPSA) is 202 Å². The molecule has 11 N–H and O–H groups in total. The van der Waals surface area contributed by atoms with Crippen molar-refractivity contribution in [2.45, 2.75) is 9.79 Å². The van der Waals surface area contributed by atoms with E-state index in [1.54, 1.807) is 6.07 Å². The number of hydrazone groups is 1. The maximum absolute atomic E-state index is 12.7. The second-order valence-electron chi connectivity index (χ2n) is 5.87. The van der Waals surface area contributed by atoms with Crippen LogP contribution in [0.4, 0.5) is 5.13 Å². The number of hydrazine groups is 1. The number of amidine groups is 1. The van der Waals surface area contributed by atoms with Crippen LogP contribution in [0.1, 0.15) is 5.56 Å². The molecule has 0 saturated carbocycles. The lowest BCUT2D eigenvalue weighted by Gasteiger charge is -2.17. The van der Waals surface area contributed by atoms with Crippen LogP contribution >= 0.6 is 23.3 Å². The van der Waals surface area contributed by atoms with Crippen LogP contribution in [0.3, 0.4) is 0 Å². The van der Waals surface area contributed by atoms with E-state index in [2.05, 4.69) is 15.6 Å². The second-order valence-corrected chi connectivity index (χ2v) is 9.66. The maximum Gasteiger partial charge on any atom is 0.181 e. The number of nitrogen functional groups attached to an aromatic ring is 1. The Labute approximate surface area is 175 Å². The van der Waals surface area contributed by atoms with Crippen LogP contribution in [0.5, 0.6) is 0 Å². The third-order valence-corrected chi connectivity index (χ3v) is 7.55. The summed E-state index contributed by atoms with van der Waals surface area (Å²) in [7, 11) is -3.68. The fourth-order valence-corrected chi connectivity index (χ4v) is 5.97. The first-order valence-electron chi connectivity index (χ1n) is 8.25. The Morgan fingerprint density at radius 3 is 2.66 bits per heavy atom. The smallest absolute Gasteiger partial charge is 0.181 e. The number of hydrogen-bond acceptors (Lipinski definition) is 11. The molecule has 154 valence electrons. The minimum Gasteiger partial charge on any atom is -0.382 e. The Balaban J connectivity index is 2.40. The largest absolute Gasteiger partial charge is 0.382 e. The molecule has 0 spiro atoms. The molecule has 0 unspecified atom stereocenters. The number of rotatable bonds is 7. The highest BCUT2D eigenvalue weighted by Gasteiger charge is 2.26. The Bertz CT molecular complexity index is 1190. The monoisotopic (exact) mass is 452 g/mol. The molecule has 0 atom stereocenters. The van der Waals surface area contributed by atoms with E-state index in [0.717, 1.165) is 16.6 Å². The summed E-state index contributed by atoms with van der Waals surface area (Å²) in [5.41, 5.74) is 21.9. The van der Waals surface area contributed by atoms with Gasteiger partial charge >= 0.3 is 0 Å². The van der Waals surface area contributed by atoms with Crippen LogP contribution < -0.4 is 33.7 Å². The zero-order chi connectivity index (χ0) is 21.2. The number of nitrogens with zero attached hydrogens (tertiary/aromatic N) is 2. The molecule has 1 aromatic heterocycles. The average molecular weight is 453 g/mol. The van der Waals surface area contributed by atoms with Gasteiger partial charge in [0.15, 0.2) is 20.8 Å². The number of hydrogen-bond donors (Lipinski definition) is 6. The number of thiazole rings is 1. The SMILES string of the molecule is NCCS(=O)(=O)c1ccc(-c2cccc3sc(N)nc23)c(/C(N)=N/NN)c1SN.